The van der Waals surface area contributed by atoms with Crippen LogP contribution >= 0.6 is 11.6 Å². The van der Waals surface area contributed by atoms with Crippen LogP contribution in [0.25, 0.3) is 0 Å². The Bertz CT molecular complexity index is 926. The Kier molecular flexibility index (Phi) is 5.16. The van der Waals surface area contributed by atoms with Gasteiger partial charge in [0.2, 0.25) is 0 Å². The summed E-state index contributed by atoms with van der Waals surface area (Å²) in [6.45, 7) is 10.4. The molecule has 0 aliphatic heterocycles. The molecule has 1 aliphatic rings. The van der Waals surface area contributed by atoms with Crippen LogP contribution in [0.3, 0.4) is 0 Å². The standard InChI is InChI=1S/C23H25ClN2O2/c1-14-6-8-15(9-7-14)19(27)26-20-22(2,3)21(23(20,4)5)28-17-11-10-16(13-25)18(24)12-17/h6-12,20-21H,1-5H3,(H,26,27). The van der Waals surface area contributed by atoms with Crippen molar-refractivity contribution in [1.29, 1.82) is 5.26 Å². The molecule has 1 saturated carbocycles. The number of carbonyl (C=O) groups excluding carboxylic acids is 1. The lowest BCUT2D eigenvalue weighted by Gasteiger charge is -2.63. The number of nitriles is 1. The van der Waals surface area contributed by atoms with E-state index in [0.29, 0.717) is 21.9 Å². The number of rotatable bonds is 4. The third-order valence-electron chi connectivity index (χ3n) is 5.74. The predicted octanol–water partition coefficient (Wildman–Crippen LogP) is 5.13. The molecule has 1 aliphatic carbocycles. The van der Waals surface area contributed by atoms with E-state index in [1.54, 1.807) is 18.2 Å². The minimum Gasteiger partial charge on any atom is -0.489 e. The van der Waals surface area contributed by atoms with Crippen LogP contribution in [-0.4, -0.2) is 18.1 Å². The van der Waals surface area contributed by atoms with Crippen molar-refractivity contribution in [3.8, 4) is 11.8 Å². The van der Waals surface area contributed by atoms with Crippen molar-refractivity contribution in [2.24, 2.45) is 10.8 Å². The first-order valence-corrected chi connectivity index (χ1v) is 9.69. The number of aryl methyl sites for hydroxylation is 1. The van der Waals surface area contributed by atoms with Gasteiger partial charge in [-0.3, -0.25) is 4.79 Å². The zero-order valence-corrected chi connectivity index (χ0v) is 17.6. The first kappa shape index (κ1) is 20.2. The first-order valence-electron chi connectivity index (χ1n) is 9.31. The number of nitrogens with zero attached hydrogens (tertiary/aromatic N) is 1. The molecule has 0 unspecified atom stereocenters. The van der Waals surface area contributed by atoms with Crippen LogP contribution in [0.2, 0.25) is 5.02 Å². The fraction of sp³-hybridized carbons (Fsp3) is 0.391. The average molecular weight is 397 g/mol. The van der Waals surface area contributed by atoms with E-state index in [2.05, 4.69) is 33.0 Å². The van der Waals surface area contributed by atoms with E-state index < -0.39 is 0 Å². The fourth-order valence-electron chi connectivity index (χ4n) is 4.52. The minimum atomic E-state index is -0.274. The summed E-state index contributed by atoms with van der Waals surface area (Å²) in [7, 11) is 0. The predicted molar refractivity (Wildman–Crippen MR) is 111 cm³/mol. The largest absolute Gasteiger partial charge is 0.489 e. The maximum atomic E-state index is 12.7. The van der Waals surface area contributed by atoms with Crippen LogP contribution in [0.1, 0.15) is 49.2 Å². The molecule has 1 fully saturated rings. The van der Waals surface area contributed by atoms with E-state index in [1.807, 2.05) is 37.3 Å². The van der Waals surface area contributed by atoms with Gasteiger partial charge in [-0.2, -0.15) is 5.26 Å². The van der Waals surface area contributed by atoms with Crippen LogP contribution in [0.5, 0.6) is 5.75 Å². The van der Waals surface area contributed by atoms with Crippen molar-refractivity contribution < 1.29 is 9.53 Å². The monoisotopic (exact) mass is 396 g/mol. The molecule has 0 aromatic heterocycles. The molecule has 146 valence electrons. The second kappa shape index (κ2) is 7.14. The summed E-state index contributed by atoms with van der Waals surface area (Å²) in [6.07, 6.45) is -0.118. The molecular weight excluding hydrogens is 372 g/mol. The van der Waals surface area contributed by atoms with Crippen LogP contribution in [-0.2, 0) is 0 Å². The molecule has 1 N–H and O–H groups in total. The van der Waals surface area contributed by atoms with Gasteiger partial charge < -0.3 is 10.1 Å². The third kappa shape index (κ3) is 3.47. The topological polar surface area (TPSA) is 62.1 Å². The summed E-state index contributed by atoms with van der Waals surface area (Å²) in [5, 5.41) is 12.6. The van der Waals surface area contributed by atoms with E-state index in [4.69, 9.17) is 21.6 Å². The van der Waals surface area contributed by atoms with E-state index in [9.17, 15) is 4.79 Å². The summed E-state index contributed by atoms with van der Waals surface area (Å²) in [6, 6.07) is 14.7. The Hall–Kier alpha value is -2.51. The van der Waals surface area contributed by atoms with Crippen LogP contribution in [0.4, 0.5) is 0 Å². The van der Waals surface area contributed by atoms with Crippen LogP contribution in [0.15, 0.2) is 42.5 Å². The second-order valence-electron chi connectivity index (χ2n) is 8.67. The Balaban J connectivity index is 1.76. The fourth-order valence-corrected chi connectivity index (χ4v) is 4.73. The number of amides is 1. The summed E-state index contributed by atoms with van der Waals surface area (Å²) < 4.78 is 6.25. The van der Waals surface area contributed by atoms with Gasteiger partial charge in [-0.25, -0.2) is 0 Å². The Labute approximate surface area is 171 Å². The Morgan fingerprint density at radius 3 is 2.25 bits per heavy atom. The number of carbonyl (C=O) groups is 1. The molecule has 4 nitrogen and oxygen atoms in total. The molecule has 0 heterocycles. The Morgan fingerprint density at radius 2 is 1.71 bits per heavy atom. The zero-order chi connectivity index (χ0) is 20.7. The van der Waals surface area contributed by atoms with E-state index in [0.717, 1.165) is 5.56 Å². The highest BCUT2D eigenvalue weighted by Crippen LogP contribution is 2.55. The van der Waals surface area contributed by atoms with Gasteiger partial charge >= 0.3 is 0 Å². The van der Waals surface area contributed by atoms with Crippen molar-refractivity contribution in [3.63, 3.8) is 0 Å². The minimum absolute atomic E-state index is 0.0485. The van der Waals surface area contributed by atoms with Gasteiger partial charge in [0.05, 0.1) is 10.6 Å². The molecule has 2 aromatic rings. The molecule has 5 heteroatoms. The first-order chi connectivity index (χ1) is 13.1. The van der Waals surface area contributed by atoms with E-state index >= 15 is 0 Å². The average Bonchev–Trinajstić information content (AvgIpc) is 2.64. The number of ether oxygens (including phenoxy) is 1. The molecule has 0 spiro atoms. The molecule has 28 heavy (non-hydrogen) atoms. The van der Waals surface area contributed by atoms with Crippen molar-refractivity contribution in [2.45, 2.75) is 46.8 Å². The van der Waals surface area contributed by atoms with Gasteiger partial charge in [-0.05, 0) is 31.2 Å². The molecule has 3 rings (SSSR count). The smallest absolute Gasteiger partial charge is 0.251 e. The van der Waals surface area contributed by atoms with E-state index in [-0.39, 0.29) is 28.9 Å². The number of hydrogen-bond acceptors (Lipinski definition) is 3. The van der Waals surface area contributed by atoms with Crippen molar-refractivity contribution in [3.05, 3.63) is 64.2 Å². The molecule has 0 bridgehead atoms. The second-order valence-corrected chi connectivity index (χ2v) is 9.07. The number of halogens is 1. The van der Waals surface area contributed by atoms with Gasteiger partial charge in [0.1, 0.15) is 17.9 Å². The molecule has 2 aromatic carbocycles. The van der Waals surface area contributed by atoms with Crippen molar-refractivity contribution in [1.82, 2.24) is 5.32 Å². The maximum Gasteiger partial charge on any atom is 0.251 e. The van der Waals surface area contributed by atoms with Gasteiger partial charge in [-0.15, -0.1) is 0 Å². The summed E-state index contributed by atoms with van der Waals surface area (Å²) in [5.41, 5.74) is 1.65. The molecule has 1 amide bonds. The number of hydrogen-bond donors (Lipinski definition) is 1. The highest BCUT2D eigenvalue weighted by atomic mass is 35.5. The quantitative estimate of drug-likeness (QED) is 0.778. The SMILES string of the molecule is Cc1ccc(C(=O)NC2C(C)(C)C(Oc3ccc(C#N)c(Cl)c3)C2(C)C)cc1. The van der Waals surface area contributed by atoms with Crippen LogP contribution < -0.4 is 10.1 Å². The van der Waals surface area contributed by atoms with Gasteiger partial charge in [0.15, 0.2) is 0 Å². The molecule has 0 radical (unpaired) electrons. The lowest BCUT2D eigenvalue weighted by Crippen LogP contribution is -2.74. The molecular formula is C23H25ClN2O2. The van der Waals surface area contributed by atoms with Gasteiger partial charge in [0.25, 0.3) is 5.91 Å². The van der Waals surface area contributed by atoms with Crippen molar-refractivity contribution >= 4 is 17.5 Å². The number of nitrogens with one attached hydrogen (secondary N) is 1. The number of benzene rings is 2. The molecule has 0 atom stereocenters. The Morgan fingerprint density at radius 1 is 1.11 bits per heavy atom. The normalized spacial score (nSPS) is 21.9. The maximum absolute atomic E-state index is 12.7. The lowest BCUT2D eigenvalue weighted by molar-refractivity contribution is -0.164. The van der Waals surface area contributed by atoms with Crippen LogP contribution in [0, 0.1) is 29.1 Å². The highest BCUT2D eigenvalue weighted by Gasteiger charge is 2.64. The van der Waals surface area contributed by atoms with Gasteiger partial charge in [0, 0.05) is 28.5 Å². The summed E-state index contributed by atoms with van der Waals surface area (Å²) in [4.78, 5) is 12.7. The highest BCUT2D eigenvalue weighted by molar-refractivity contribution is 6.31. The summed E-state index contributed by atoms with van der Waals surface area (Å²) >= 11 is 6.13. The van der Waals surface area contributed by atoms with Crippen molar-refractivity contribution in [2.75, 3.05) is 0 Å². The van der Waals surface area contributed by atoms with Gasteiger partial charge in [-0.1, -0.05) is 57.0 Å². The molecule has 0 saturated heterocycles. The lowest BCUT2D eigenvalue weighted by atomic mass is 9.49. The summed E-state index contributed by atoms with van der Waals surface area (Å²) in [5.74, 6) is 0.546. The third-order valence-corrected chi connectivity index (χ3v) is 6.06. The van der Waals surface area contributed by atoms with E-state index in [1.165, 1.54) is 0 Å². The zero-order valence-electron chi connectivity index (χ0n) is 16.8.